The van der Waals surface area contributed by atoms with Crippen LogP contribution in [-0.4, -0.2) is 11.2 Å². The molecule has 0 aromatic carbocycles. The minimum absolute atomic E-state index is 0.282. The number of thiol groups is 1. The Labute approximate surface area is 61.2 Å². The number of primary amides is 1. The first-order chi connectivity index (χ1) is 4.09. The number of hydrogen-bond acceptors (Lipinski definition) is 2. The summed E-state index contributed by atoms with van der Waals surface area (Å²) in [6, 6.07) is 0. The van der Waals surface area contributed by atoms with Gasteiger partial charge in [0.05, 0.1) is 5.25 Å². The van der Waals surface area contributed by atoms with E-state index in [0.717, 1.165) is 6.42 Å². The largest absolute Gasteiger partial charge is 0.369 e. The van der Waals surface area contributed by atoms with Crippen LogP contribution < -0.4 is 5.73 Å². The molecule has 0 aliphatic carbocycles. The molecule has 2 nitrogen and oxygen atoms in total. The number of nitrogens with two attached hydrogens (primary N) is 1. The smallest absolute Gasteiger partial charge is 0.230 e. The van der Waals surface area contributed by atoms with Crippen molar-refractivity contribution in [3.8, 4) is 0 Å². The highest BCUT2D eigenvalue weighted by atomic mass is 32.1. The minimum Gasteiger partial charge on any atom is -0.369 e. The maximum atomic E-state index is 10.4. The summed E-state index contributed by atoms with van der Waals surface area (Å²) in [6.45, 7) is 3.97. The second kappa shape index (κ2) is 3.77. The van der Waals surface area contributed by atoms with Crippen LogP contribution in [0.2, 0.25) is 0 Å². The van der Waals surface area contributed by atoms with Gasteiger partial charge in [-0.1, -0.05) is 20.3 Å². The first-order valence-corrected chi connectivity index (χ1v) is 3.58. The number of carbonyl (C=O) groups excluding carboxylic acids is 1. The Bertz CT molecular complexity index is 105. The van der Waals surface area contributed by atoms with Crippen molar-refractivity contribution < 1.29 is 4.79 Å². The third-order valence-electron chi connectivity index (χ3n) is 1.47. The van der Waals surface area contributed by atoms with Crippen molar-refractivity contribution in [2.24, 2.45) is 11.7 Å². The van der Waals surface area contributed by atoms with Crippen LogP contribution in [0.4, 0.5) is 0 Å². The van der Waals surface area contributed by atoms with E-state index in [4.69, 9.17) is 5.73 Å². The lowest BCUT2D eigenvalue weighted by Crippen LogP contribution is -2.29. The number of carbonyl (C=O) groups is 1. The van der Waals surface area contributed by atoms with Crippen molar-refractivity contribution in [2.75, 3.05) is 0 Å². The van der Waals surface area contributed by atoms with Gasteiger partial charge in [-0.15, -0.1) is 0 Å². The molecule has 9 heavy (non-hydrogen) atoms. The molecule has 1 unspecified atom stereocenters. The molecule has 0 radical (unpaired) electrons. The quantitative estimate of drug-likeness (QED) is 0.570. The van der Waals surface area contributed by atoms with Crippen LogP contribution in [0.3, 0.4) is 0 Å². The third kappa shape index (κ3) is 2.75. The Morgan fingerprint density at radius 3 is 2.33 bits per heavy atom. The fraction of sp³-hybridized carbons (Fsp3) is 0.833. The van der Waals surface area contributed by atoms with Crippen molar-refractivity contribution in [2.45, 2.75) is 25.5 Å². The second-order valence-corrected chi connectivity index (χ2v) is 2.79. The predicted molar refractivity (Wildman–Crippen MR) is 41.4 cm³/mol. The summed E-state index contributed by atoms with van der Waals surface area (Å²) < 4.78 is 0. The summed E-state index contributed by atoms with van der Waals surface area (Å²) in [5.74, 6) is -0.0430. The van der Waals surface area contributed by atoms with Gasteiger partial charge in [0.2, 0.25) is 5.91 Å². The van der Waals surface area contributed by atoms with E-state index in [0.29, 0.717) is 0 Å². The zero-order valence-electron chi connectivity index (χ0n) is 5.79. The molecular formula is C6H13NOS. The Morgan fingerprint density at radius 1 is 1.78 bits per heavy atom. The molecule has 0 aliphatic rings. The van der Waals surface area contributed by atoms with E-state index in [1.54, 1.807) is 0 Å². The lowest BCUT2D eigenvalue weighted by atomic mass is 10.0. The van der Waals surface area contributed by atoms with E-state index in [1.165, 1.54) is 0 Å². The molecule has 1 amide bonds. The Hall–Kier alpha value is -0.180. The molecule has 2 atom stereocenters. The fourth-order valence-electron chi connectivity index (χ4n) is 0.504. The molecule has 0 aliphatic heterocycles. The first kappa shape index (κ1) is 8.82. The summed E-state index contributed by atoms with van der Waals surface area (Å²) in [7, 11) is 0. The van der Waals surface area contributed by atoms with Crippen LogP contribution in [0.25, 0.3) is 0 Å². The van der Waals surface area contributed by atoms with Gasteiger partial charge in [-0.2, -0.15) is 12.6 Å². The standard InChI is InChI=1S/C6H13NOS/c1-3-4(2)5(9)6(7)8/h4-5,9H,3H2,1-2H3,(H2,7,8)/t4-,5?/m0/s1. The van der Waals surface area contributed by atoms with E-state index in [-0.39, 0.29) is 17.1 Å². The molecule has 0 aromatic rings. The molecular weight excluding hydrogens is 134 g/mol. The van der Waals surface area contributed by atoms with E-state index in [1.807, 2.05) is 13.8 Å². The number of amides is 1. The number of hydrogen-bond donors (Lipinski definition) is 2. The molecule has 0 rings (SSSR count). The lowest BCUT2D eigenvalue weighted by Gasteiger charge is -2.12. The molecule has 0 bridgehead atoms. The van der Waals surface area contributed by atoms with Gasteiger partial charge < -0.3 is 5.73 Å². The van der Waals surface area contributed by atoms with Crippen LogP contribution in [0, 0.1) is 5.92 Å². The molecule has 0 fully saturated rings. The van der Waals surface area contributed by atoms with Crippen molar-refractivity contribution in [3.05, 3.63) is 0 Å². The molecule has 2 N–H and O–H groups in total. The lowest BCUT2D eigenvalue weighted by molar-refractivity contribution is -0.118. The van der Waals surface area contributed by atoms with Crippen LogP contribution >= 0.6 is 12.6 Å². The average molecular weight is 147 g/mol. The van der Waals surface area contributed by atoms with Crippen LogP contribution in [0.5, 0.6) is 0 Å². The van der Waals surface area contributed by atoms with Gasteiger partial charge >= 0.3 is 0 Å². The van der Waals surface area contributed by atoms with Gasteiger partial charge in [0.15, 0.2) is 0 Å². The fourth-order valence-corrected chi connectivity index (χ4v) is 0.714. The van der Waals surface area contributed by atoms with Crippen molar-refractivity contribution in [3.63, 3.8) is 0 Å². The molecule has 54 valence electrons. The summed E-state index contributed by atoms with van der Waals surface area (Å²) in [6.07, 6.45) is 0.942. The monoisotopic (exact) mass is 147 g/mol. The van der Waals surface area contributed by atoms with Crippen LogP contribution in [-0.2, 0) is 4.79 Å². The Balaban J connectivity index is 3.72. The Kier molecular flexibility index (Phi) is 3.70. The van der Waals surface area contributed by atoms with Crippen molar-refractivity contribution in [1.29, 1.82) is 0 Å². The molecule has 0 spiro atoms. The van der Waals surface area contributed by atoms with Gasteiger partial charge in [0.25, 0.3) is 0 Å². The molecule has 0 heterocycles. The SMILES string of the molecule is CC[C@H](C)C(S)C(N)=O. The van der Waals surface area contributed by atoms with Gasteiger partial charge in [-0.3, -0.25) is 4.79 Å². The van der Waals surface area contributed by atoms with E-state index < -0.39 is 0 Å². The third-order valence-corrected chi connectivity index (χ3v) is 2.24. The summed E-state index contributed by atoms with van der Waals surface area (Å²) in [5.41, 5.74) is 5.00. The highest BCUT2D eigenvalue weighted by Crippen LogP contribution is 2.11. The molecule has 0 aromatic heterocycles. The highest BCUT2D eigenvalue weighted by molar-refractivity contribution is 7.81. The molecule has 0 saturated carbocycles. The maximum absolute atomic E-state index is 10.4. The first-order valence-electron chi connectivity index (χ1n) is 3.07. The second-order valence-electron chi connectivity index (χ2n) is 2.23. The zero-order valence-corrected chi connectivity index (χ0v) is 6.69. The minimum atomic E-state index is -0.326. The zero-order chi connectivity index (χ0) is 7.44. The van der Waals surface area contributed by atoms with Gasteiger partial charge in [0, 0.05) is 0 Å². The van der Waals surface area contributed by atoms with Crippen molar-refractivity contribution in [1.82, 2.24) is 0 Å². The normalized spacial score (nSPS) is 16.8. The predicted octanol–water partition coefficient (Wildman–Crippen LogP) is 0.816. The topological polar surface area (TPSA) is 43.1 Å². The summed E-state index contributed by atoms with van der Waals surface area (Å²) in [4.78, 5) is 10.4. The average Bonchev–Trinajstić information content (AvgIpc) is 1.84. The van der Waals surface area contributed by atoms with E-state index in [2.05, 4.69) is 12.6 Å². The van der Waals surface area contributed by atoms with E-state index in [9.17, 15) is 4.79 Å². The van der Waals surface area contributed by atoms with Gasteiger partial charge in [0.1, 0.15) is 0 Å². The molecule has 0 saturated heterocycles. The molecule has 3 heteroatoms. The van der Waals surface area contributed by atoms with Gasteiger partial charge in [-0.05, 0) is 5.92 Å². The van der Waals surface area contributed by atoms with Crippen LogP contribution in [0.1, 0.15) is 20.3 Å². The number of rotatable bonds is 3. The maximum Gasteiger partial charge on any atom is 0.230 e. The highest BCUT2D eigenvalue weighted by Gasteiger charge is 2.15. The van der Waals surface area contributed by atoms with Crippen LogP contribution in [0.15, 0.2) is 0 Å². The summed E-state index contributed by atoms with van der Waals surface area (Å²) in [5, 5.41) is -0.282. The van der Waals surface area contributed by atoms with Gasteiger partial charge in [-0.25, -0.2) is 0 Å². The summed E-state index contributed by atoms with van der Waals surface area (Å²) >= 11 is 4.03. The Morgan fingerprint density at radius 2 is 2.22 bits per heavy atom. The van der Waals surface area contributed by atoms with E-state index >= 15 is 0 Å². The van der Waals surface area contributed by atoms with Crippen molar-refractivity contribution >= 4 is 18.5 Å².